The largest absolute Gasteiger partial charge is 0.461 e. The molecule has 1 amide bonds. The fraction of sp³-hybridized carbons (Fsp3) is 0.594. The number of nitrogens with two attached hydrogens (primary N) is 2. The number of halogens is 5. The van der Waals surface area contributed by atoms with Crippen LogP contribution in [0, 0.1) is 6.92 Å². The quantitative estimate of drug-likeness (QED) is 0.322. The number of aryl methyl sites for hydroxylation is 1. The van der Waals surface area contributed by atoms with Gasteiger partial charge in [-0.1, -0.05) is 11.6 Å². The van der Waals surface area contributed by atoms with E-state index in [1.807, 2.05) is 4.90 Å². The third-order valence-electron chi connectivity index (χ3n) is 9.60. The van der Waals surface area contributed by atoms with Gasteiger partial charge in [0.1, 0.15) is 36.2 Å². The van der Waals surface area contributed by atoms with E-state index in [4.69, 9.17) is 42.5 Å². The lowest BCUT2D eigenvalue weighted by Crippen LogP contribution is -2.43. The number of hydrogen-bond donors (Lipinski definition) is 2. The predicted octanol–water partition coefficient (Wildman–Crippen LogP) is 3.70. The molecule has 2 fully saturated rings. The van der Waals surface area contributed by atoms with Crippen LogP contribution < -0.4 is 21.1 Å². The molecule has 0 saturated carbocycles. The second kappa shape index (κ2) is 13.5. The van der Waals surface area contributed by atoms with Gasteiger partial charge in [0, 0.05) is 52.1 Å². The van der Waals surface area contributed by atoms with E-state index < -0.39 is 35.5 Å². The number of rotatable bonds is 7. The lowest BCUT2D eigenvalue weighted by molar-refractivity contribution is -0.140. The summed E-state index contributed by atoms with van der Waals surface area (Å²) in [5, 5.41) is 0.0199. The summed E-state index contributed by atoms with van der Waals surface area (Å²) in [5.74, 6) is -0.0958. The Balaban J connectivity index is 1.38. The minimum Gasteiger partial charge on any atom is -0.461 e. The van der Waals surface area contributed by atoms with E-state index in [1.165, 1.54) is 17.9 Å². The molecule has 0 radical (unpaired) electrons. The maximum atomic E-state index is 14.5. The molecule has 49 heavy (non-hydrogen) atoms. The van der Waals surface area contributed by atoms with E-state index in [2.05, 4.69) is 14.9 Å². The molecule has 0 aromatic carbocycles. The Morgan fingerprint density at radius 3 is 2.73 bits per heavy atom. The maximum Gasteiger partial charge on any atom is 0.418 e. The Bertz CT molecular complexity index is 1690. The number of likely N-dealkylation sites (N-methyl/N-ethyl adjacent to an activating group) is 1. The summed E-state index contributed by atoms with van der Waals surface area (Å²) < 4.78 is 69.6. The molecule has 12 nitrogen and oxygen atoms in total. The zero-order chi connectivity index (χ0) is 35.2. The van der Waals surface area contributed by atoms with E-state index >= 15 is 0 Å². The van der Waals surface area contributed by atoms with Gasteiger partial charge in [0.15, 0.2) is 0 Å². The fourth-order valence-electron chi connectivity index (χ4n) is 7.30. The number of aliphatic imine (C=N–C) groups is 1. The summed E-state index contributed by atoms with van der Waals surface area (Å²) in [6.07, 6.45) is -4.20. The van der Waals surface area contributed by atoms with Crippen LogP contribution in [0.25, 0.3) is 0 Å². The Morgan fingerprint density at radius 1 is 1.22 bits per heavy atom. The van der Waals surface area contributed by atoms with Crippen molar-refractivity contribution in [2.75, 3.05) is 64.1 Å². The molecular weight excluding hydrogens is 670 g/mol. The number of ether oxygens (including phenoxy) is 2. The van der Waals surface area contributed by atoms with Gasteiger partial charge in [-0.2, -0.15) is 23.1 Å². The molecule has 0 unspecified atom stereocenters. The van der Waals surface area contributed by atoms with Crippen LogP contribution in [0.2, 0.25) is 0 Å². The van der Waals surface area contributed by atoms with Gasteiger partial charge in [-0.25, -0.2) is 9.37 Å². The second-order valence-electron chi connectivity index (χ2n) is 13.3. The molecule has 4 N–H and O–H groups in total. The first kappa shape index (κ1) is 35.1. The SMILES string of the molecule is Cc1cc(N)nc([C@@H]2Cc3nc(OC[C@@]45CCCN4C[C@H](F)C5)nc(N4CCCN=C(/C(Cl)=C(\N)C(=O)N(C)C)C4)c3CO2)c1C(F)(F)F. The molecule has 0 aliphatic carbocycles. The lowest BCUT2D eigenvalue weighted by Gasteiger charge is -2.33. The van der Waals surface area contributed by atoms with E-state index in [0.29, 0.717) is 55.3 Å². The van der Waals surface area contributed by atoms with Crippen molar-refractivity contribution in [3.8, 4) is 6.01 Å². The number of alkyl halides is 4. The minimum atomic E-state index is -4.69. The van der Waals surface area contributed by atoms with Gasteiger partial charge in [0.25, 0.3) is 5.91 Å². The van der Waals surface area contributed by atoms with Gasteiger partial charge in [0.2, 0.25) is 0 Å². The summed E-state index contributed by atoms with van der Waals surface area (Å²) in [5.41, 5.74) is 11.5. The number of carbonyl (C=O) groups is 1. The normalized spacial score (nSPS) is 24.9. The maximum absolute atomic E-state index is 14.5. The first-order chi connectivity index (χ1) is 23.2. The number of anilines is 2. The van der Waals surface area contributed by atoms with Gasteiger partial charge in [-0.3, -0.25) is 14.7 Å². The molecule has 4 aliphatic rings. The van der Waals surface area contributed by atoms with Gasteiger partial charge in [-0.05, 0) is 44.4 Å². The van der Waals surface area contributed by atoms with Crippen LogP contribution in [0.4, 0.5) is 29.2 Å². The van der Waals surface area contributed by atoms with E-state index in [-0.39, 0.29) is 60.0 Å². The molecule has 17 heteroatoms. The van der Waals surface area contributed by atoms with E-state index in [0.717, 1.165) is 19.4 Å². The molecule has 0 bridgehead atoms. The number of nitrogens with zero attached hydrogens (tertiary/aromatic N) is 7. The van der Waals surface area contributed by atoms with Crippen LogP contribution in [-0.4, -0.2) is 102 Å². The van der Waals surface area contributed by atoms with Crippen LogP contribution in [-0.2, 0) is 28.7 Å². The van der Waals surface area contributed by atoms with Crippen molar-refractivity contribution in [2.24, 2.45) is 10.7 Å². The highest BCUT2D eigenvalue weighted by atomic mass is 35.5. The van der Waals surface area contributed by atoms with Crippen molar-refractivity contribution in [2.45, 2.75) is 69.6 Å². The van der Waals surface area contributed by atoms with Crippen molar-refractivity contribution in [1.82, 2.24) is 24.8 Å². The predicted molar refractivity (Wildman–Crippen MR) is 175 cm³/mol. The number of nitrogen functional groups attached to an aromatic ring is 1. The van der Waals surface area contributed by atoms with Crippen molar-refractivity contribution in [3.05, 3.63) is 44.9 Å². The van der Waals surface area contributed by atoms with Crippen molar-refractivity contribution in [1.29, 1.82) is 0 Å². The van der Waals surface area contributed by atoms with Crippen LogP contribution in [0.1, 0.15) is 59.9 Å². The van der Waals surface area contributed by atoms with Gasteiger partial charge in [0.05, 0.1) is 46.4 Å². The molecule has 2 aromatic heterocycles. The van der Waals surface area contributed by atoms with Gasteiger partial charge < -0.3 is 30.7 Å². The molecule has 266 valence electrons. The Hall–Kier alpha value is -3.76. The Labute approximate surface area is 286 Å². The smallest absolute Gasteiger partial charge is 0.418 e. The number of aromatic nitrogens is 3. The Morgan fingerprint density at radius 2 is 2.00 bits per heavy atom. The Kier molecular flexibility index (Phi) is 9.67. The molecule has 2 aromatic rings. The monoisotopic (exact) mass is 709 g/mol. The number of fused-ring (bicyclic) bond motifs is 2. The van der Waals surface area contributed by atoms with Gasteiger partial charge >= 0.3 is 12.2 Å². The lowest BCUT2D eigenvalue weighted by atomic mass is 9.95. The van der Waals surface area contributed by atoms with E-state index in [9.17, 15) is 22.4 Å². The standard InChI is InChI=1S/C32H40ClF4N9O3/c1-17-10-23(38)42-27(24(17)32(35,36)37)22-11-20-19(15-48-22)28(43-30(41-20)49-16-31-6-4-9-46(31)13-18(34)12-31)45-8-5-7-40-21(14-45)25(33)26(39)29(47)44(2)3/h10,18,22H,4-9,11-16,39H2,1-3H3,(H2,38,42)/b26-25+/t18-,22+,31+/m1/s1. The van der Waals surface area contributed by atoms with Crippen LogP contribution in [0.15, 0.2) is 21.8 Å². The summed E-state index contributed by atoms with van der Waals surface area (Å²) in [6.45, 7) is 3.49. The highest BCUT2D eigenvalue weighted by Crippen LogP contribution is 2.43. The molecule has 0 spiro atoms. The fourth-order valence-corrected chi connectivity index (χ4v) is 7.50. The van der Waals surface area contributed by atoms with Crippen molar-refractivity contribution >= 4 is 34.9 Å². The van der Waals surface area contributed by atoms with E-state index in [1.54, 1.807) is 14.1 Å². The molecule has 3 atom stereocenters. The first-order valence-corrected chi connectivity index (χ1v) is 16.6. The average molecular weight is 710 g/mol. The van der Waals surface area contributed by atoms with Crippen molar-refractivity contribution < 1.29 is 31.8 Å². The molecule has 6 heterocycles. The third kappa shape index (κ3) is 6.99. The van der Waals surface area contributed by atoms with Crippen molar-refractivity contribution in [3.63, 3.8) is 0 Å². The first-order valence-electron chi connectivity index (χ1n) is 16.2. The summed E-state index contributed by atoms with van der Waals surface area (Å²) >= 11 is 6.62. The third-order valence-corrected chi connectivity index (χ3v) is 10.0. The highest BCUT2D eigenvalue weighted by molar-refractivity contribution is 6.45. The van der Waals surface area contributed by atoms with Gasteiger partial charge in [-0.15, -0.1) is 0 Å². The minimum absolute atomic E-state index is 0.0115. The summed E-state index contributed by atoms with van der Waals surface area (Å²) in [7, 11) is 3.12. The molecule has 6 rings (SSSR count). The average Bonchev–Trinajstić information content (AvgIpc) is 3.44. The van der Waals surface area contributed by atoms with Crippen LogP contribution in [0.3, 0.4) is 0 Å². The highest BCUT2D eigenvalue weighted by Gasteiger charge is 2.49. The molecule has 2 saturated heterocycles. The number of pyridine rings is 1. The van der Waals surface area contributed by atoms with Crippen LogP contribution >= 0.6 is 11.6 Å². The molecule has 4 aliphatic heterocycles. The number of amides is 1. The summed E-state index contributed by atoms with van der Waals surface area (Å²) in [6, 6.07) is 1.19. The zero-order valence-corrected chi connectivity index (χ0v) is 28.4. The number of hydrogen-bond acceptors (Lipinski definition) is 11. The molecular formula is C32H40ClF4N9O3. The topological polar surface area (TPSA) is 148 Å². The summed E-state index contributed by atoms with van der Waals surface area (Å²) in [4.78, 5) is 36.1. The second-order valence-corrected chi connectivity index (χ2v) is 13.7. The van der Waals surface area contributed by atoms with Crippen LogP contribution in [0.5, 0.6) is 6.01 Å². The number of carbonyl (C=O) groups excluding carboxylic acids is 1. The zero-order valence-electron chi connectivity index (χ0n) is 27.6.